The molecule has 0 aliphatic heterocycles. The van der Waals surface area contributed by atoms with E-state index in [1.165, 1.54) is 38.5 Å². The van der Waals surface area contributed by atoms with Crippen molar-refractivity contribution in [2.75, 3.05) is 0 Å². The van der Waals surface area contributed by atoms with E-state index >= 15 is 0 Å². The van der Waals surface area contributed by atoms with Gasteiger partial charge >= 0.3 is 0 Å². The lowest BCUT2D eigenvalue weighted by molar-refractivity contribution is -0.126. The molecule has 4 aliphatic carbocycles. The number of amides is 1. The van der Waals surface area contributed by atoms with Gasteiger partial charge in [-0.15, -0.1) is 11.6 Å². The van der Waals surface area contributed by atoms with Crippen LogP contribution >= 0.6 is 11.6 Å². The van der Waals surface area contributed by atoms with Crippen LogP contribution in [0.1, 0.15) is 45.4 Å². The molecule has 2 nitrogen and oxygen atoms in total. The first-order valence-electron chi connectivity index (χ1n) is 6.52. The van der Waals surface area contributed by atoms with Crippen LogP contribution in [-0.2, 0) is 4.79 Å². The van der Waals surface area contributed by atoms with Crippen molar-refractivity contribution in [3.8, 4) is 0 Å². The molecular formula is C13H20ClNO. The van der Waals surface area contributed by atoms with Gasteiger partial charge in [-0.05, 0) is 63.2 Å². The molecule has 1 N–H and O–H groups in total. The smallest absolute Gasteiger partial charge is 0.238 e. The molecule has 0 aromatic heterocycles. The molecule has 16 heavy (non-hydrogen) atoms. The highest BCUT2D eigenvalue weighted by Gasteiger charge is 2.51. The minimum atomic E-state index is -0.395. The number of hydrogen-bond donors (Lipinski definition) is 1. The Labute approximate surface area is 102 Å². The summed E-state index contributed by atoms with van der Waals surface area (Å²) >= 11 is 5.86. The van der Waals surface area contributed by atoms with Crippen LogP contribution in [0.15, 0.2) is 0 Å². The van der Waals surface area contributed by atoms with Gasteiger partial charge in [0.05, 0.1) is 0 Å². The van der Waals surface area contributed by atoms with E-state index in [2.05, 4.69) is 5.32 Å². The summed E-state index contributed by atoms with van der Waals surface area (Å²) in [5.41, 5.74) is 0.120. The van der Waals surface area contributed by atoms with E-state index in [-0.39, 0.29) is 11.4 Å². The fourth-order valence-corrected chi connectivity index (χ4v) is 4.68. The topological polar surface area (TPSA) is 29.1 Å². The van der Waals surface area contributed by atoms with E-state index in [1.54, 1.807) is 6.92 Å². The van der Waals surface area contributed by atoms with Gasteiger partial charge in [0.25, 0.3) is 0 Å². The number of alkyl halides is 1. The molecule has 1 amide bonds. The molecule has 4 bridgehead atoms. The standard InChI is InChI=1S/C13H20ClNO/c1-8(14)12(16)15-13-5-9-2-10(6-13)4-11(3-9)7-13/h8-11H,2-7H2,1H3,(H,15,16)/t8-,9?,10?,11?,13?/m1/s1. The zero-order valence-corrected chi connectivity index (χ0v) is 10.6. The maximum Gasteiger partial charge on any atom is 0.238 e. The Morgan fingerprint density at radius 3 is 2.00 bits per heavy atom. The number of carbonyl (C=O) groups is 1. The van der Waals surface area contributed by atoms with Crippen LogP contribution in [0.3, 0.4) is 0 Å². The Kier molecular flexibility index (Phi) is 2.47. The Morgan fingerprint density at radius 1 is 1.19 bits per heavy atom. The summed E-state index contributed by atoms with van der Waals surface area (Å²) in [4.78, 5) is 11.8. The van der Waals surface area contributed by atoms with Crippen LogP contribution in [0.25, 0.3) is 0 Å². The third kappa shape index (κ3) is 1.75. The molecule has 4 saturated carbocycles. The zero-order valence-electron chi connectivity index (χ0n) is 9.84. The van der Waals surface area contributed by atoms with Gasteiger partial charge in [0, 0.05) is 5.54 Å². The highest BCUT2D eigenvalue weighted by Crippen LogP contribution is 2.55. The second kappa shape index (κ2) is 3.63. The normalized spacial score (nSPS) is 46.8. The van der Waals surface area contributed by atoms with Crippen molar-refractivity contribution in [3.63, 3.8) is 0 Å². The van der Waals surface area contributed by atoms with Gasteiger partial charge < -0.3 is 5.32 Å². The molecule has 0 heterocycles. The van der Waals surface area contributed by atoms with E-state index in [0.717, 1.165) is 17.8 Å². The van der Waals surface area contributed by atoms with Gasteiger partial charge in [0.2, 0.25) is 5.91 Å². The largest absolute Gasteiger partial charge is 0.349 e. The number of rotatable bonds is 2. The first kappa shape index (κ1) is 10.9. The lowest BCUT2D eigenvalue weighted by Crippen LogP contribution is -2.60. The zero-order chi connectivity index (χ0) is 11.3. The number of carbonyl (C=O) groups excluding carboxylic acids is 1. The second-order valence-corrected chi connectivity index (χ2v) is 6.96. The number of nitrogens with one attached hydrogen (secondary N) is 1. The molecule has 0 radical (unpaired) electrons. The predicted molar refractivity (Wildman–Crippen MR) is 64.4 cm³/mol. The molecule has 0 spiro atoms. The van der Waals surface area contributed by atoms with Crippen molar-refractivity contribution < 1.29 is 4.79 Å². The summed E-state index contributed by atoms with van der Waals surface area (Å²) < 4.78 is 0. The molecule has 1 atom stereocenters. The van der Waals surface area contributed by atoms with Crippen molar-refractivity contribution in [1.82, 2.24) is 5.32 Å². The molecule has 0 saturated heterocycles. The summed E-state index contributed by atoms with van der Waals surface area (Å²) in [6, 6.07) is 0. The molecule has 3 heteroatoms. The second-order valence-electron chi connectivity index (χ2n) is 6.30. The molecule has 4 fully saturated rings. The summed E-state index contributed by atoms with van der Waals surface area (Å²) in [5, 5.41) is 2.86. The lowest BCUT2D eigenvalue weighted by Gasteiger charge is -2.57. The number of hydrogen-bond acceptors (Lipinski definition) is 1. The fraction of sp³-hybridized carbons (Fsp3) is 0.923. The summed E-state index contributed by atoms with van der Waals surface area (Å²) in [5.74, 6) is 2.65. The Balaban J connectivity index is 1.76. The van der Waals surface area contributed by atoms with Gasteiger partial charge in [0.15, 0.2) is 0 Å². The van der Waals surface area contributed by atoms with Crippen LogP contribution in [0.2, 0.25) is 0 Å². The van der Waals surface area contributed by atoms with Crippen molar-refractivity contribution in [2.24, 2.45) is 17.8 Å². The quantitative estimate of drug-likeness (QED) is 0.740. The summed E-state index contributed by atoms with van der Waals surface area (Å²) in [6.45, 7) is 1.76. The minimum absolute atomic E-state index is 0.0311. The maximum atomic E-state index is 11.8. The first-order chi connectivity index (χ1) is 7.56. The Morgan fingerprint density at radius 2 is 1.62 bits per heavy atom. The molecule has 4 rings (SSSR count). The third-order valence-electron chi connectivity index (χ3n) is 4.79. The summed E-state index contributed by atoms with van der Waals surface area (Å²) in [7, 11) is 0. The van der Waals surface area contributed by atoms with Crippen LogP contribution in [0.5, 0.6) is 0 Å². The lowest BCUT2D eigenvalue weighted by atomic mass is 9.53. The van der Waals surface area contributed by atoms with Gasteiger partial charge in [-0.2, -0.15) is 0 Å². The minimum Gasteiger partial charge on any atom is -0.349 e. The van der Waals surface area contributed by atoms with Crippen LogP contribution < -0.4 is 5.32 Å². The average Bonchev–Trinajstić information content (AvgIpc) is 2.13. The monoisotopic (exact) mass is 241 g/mol. The molecular weight excluding hydrogens is 222 g/mol. The van der Waals surface area contributed by atoms with E-state index in [4.69, 9.17) is 11.6 Å². The highest BCUT2D eigenvalue weighted by atomic mass is 35.5. The fourth-order valence-electron chi connectivity index (χ4n) is 4.62. The molecule has 0 aromatic carbocycles. The Bertz CT molecular complexity index is 278. The Hall–Kier alpha value is -0.240. The molecule has 0 unspecified atom stereocenters. The number of halogens is 1. The SMILES string of the molecule is C[C@@H](Cl)C(=O)NC12CC3CC(CC(C3)C1)C2. The van der Waals surface area contributed by atoms with Gasteiger partial charge in [0.1, 0.15) is 5.38 Å². The van der Waals surface area contributed by atoms with Crippen molar-refractivity contribution in [1.29, 1.82) is 0 Å². The first-order valence-corrected chi connectivity index (χ1v) is 6.96. The average molecular weight is 242 g/mol. The van der Waals surface area contributed by atoms with Crippen molar-refractivity contribution >= 4 is 17.5 Å². The molecule has 0 aromatic rings. The van der Waals surface area contributed by atoms with E-state index < -0.39 is 5.38 Å². The predicted octanol–water partition coefficient (Wildman–Crippen LogP) is 2.70. The van der Waals surface area contributed by atoms with Crippen LogP contribution in [-0.4, -0.2) is 16.8 Å². The van der Waals surface area contributed by atoms with Crippen molar-refractivity contribution in [2.45, 2.75) is 56.4 Å². The van der Waals surface area contributed by atoms with Crippen LogP contribution in [0.4, 0.5) is 0 Å². The van der Waals surface area contributed by atoms with Crippen molar-refractivity contribution in [3.05, 3.63) is 0 Å². The van der Waals surface area contributed by atoms with Gasteiger partial charge in [-0.3, -0.25) is 4.79 Å². The van der Waals surface area contributed by atoms with E-state index in [0.29, 0.717) is 0 Å². The molecule has 4 aliphatic rings. The van der Waals surface area contributed by atoms with E-state index in [1.807, 2.05) is 0 Å². The maximum absolute atomic E-state index is 11.8. The molecule has 90 valence electrons. The highest BCUT2D eigenvalue weighted by molar-refractivity contribution is 6.30. The van der Waals surface area contributed by atoms with Crippen LogP contribution in [0, 0.1) is 17.8 Å². The van der Waals surface area contributed by atoms with Gasteiger partial charge in [-0.1, -0.05) is 0 Å². The van der Waals surface area contributed by atoms with Gasteiger partial charge in [-0.25, -0.2) is 0 Å². The third-order valence-corrected chi connectivity index (χ3v) is 4.99. The summed E-state index contributed by atoms with van der Waals surface area (Å²) in [6.07, 6.45) is 7.83. The van der Waals surface area contributed by atoms with E-state index in [9.17, 15) is 4.79 Å².